The van der Waals surface area contributed by atoms with Crippen LogP contribution in [0.3, 0.4) is 0 Å². The Labute approximate surface area is 155 Å². The second kappa shape index (κ2) is 6.13. The van der Waals surface area contributed by atoms with Crippen molar-refractivity contribution in [3.63, 3.8) is 0 Å². The summed E-state index contributed by atoms with van der Waals surface area (Å²) < 4.78 is 26.6. The number of fused-ring (bicyclic) bond motifs is 1. The van der Waals surface area contributed by atoms with E-state index in [1.807, 2.05) is 6.07 Å². The van der Waals surface area contributed by atoms with Gasteiger partial charge in [-0.25, -0.2) is 18.4 Å². The summed E-state index contributed by atoms with van der Waals surface area (Å²) in [6, 6.07) is 1.89. The van der Waals surface area contributed by atoms with Gasteiger partial charge in [0, 0.05) is 43.5 Å². The van der Waals surface area contributed by atoms with Crippen molar-refractivity contribution in [2.75, 3.05) is 26.4 Å². The number of rotatable bonds is 5. The van der Waals surface area contributed by atoms with Gasteiger partial charge in [-0.15, -0.1) is 0 Å². The van der Waals surface area contributed by atoms with E-state index in [4.69, 9.17) is 0 Å². The zero-order valence-electron chi connectivity index (χ0n) is 14.9. The lowest BCUT2D eigenvalue weighted by atomic mass is 9.88. The van der Waals surface area contributed by atoms with E-state index in [1.165, 1.54) is 10.6 Å². The van der Waals surface area contributed by atoms with Crippen molar-refractivity contribution < 1.29 is 13.2 Å². The van der Waals surface area contributed by atoms with Gasteiger partial charge in [0.2, 0.25) is 15.9 Å². The van der Waals surface area contributed by atoms with Crippen LogP contribution in [0.4, 0.5) is 0 Å². The fourth-order valence-corrected chi connectivity index (χ4v) is 4.33. The Kier molecular flexibility index (Phi) is 4.00. The van der Waals surface area contributed by atoms with E-state index in [1.54, 1.807) is 30.3 Å². The highest BCUT2D eigenvalue weighted by molar-refractivity contribution is 7.88. The summed E-state index contributed by atoms with van der Waals surface area (Å²) in [6.07, 6.45) is 8.03. The quantitative estimate of drug-likeness (QED) is 0.629. The number of hydrogen-bond donors (Lipinski definition) is 2. The lowest BCUT2D eigenvalue weighted by Gasteiger charge is -2.48. The van der Waals surface area contributed by atoms with Gasteiger partial charge in [0.1, 0.15) is 12.0 Å². The topological polar surface area (TPSA) is 126 Å². The molecule has 4 heterocycles. The zero-order chi connectivity index (χ0) is 19.2. The first-order valence-corrected chi connectivity index (χ1v) is 10.2. The normalized spacial score (nSPS) is 17.0. The highest BCUT2D eigenvalue weighted by Gasteiger charge is 2.50. The molecule has 4 rings (SSSR count). The summed E-state index contributed by atoms with van der Waals surface area (Å²) in [6.45, 7) is 0.396. The molecule has 0 unspecified atom stereocenters. The van der Waals surface area contributed by atoms with Gasteiger partial charge in [0.15, 0.2) is 0 Å². The van der Waals surface area contributed by atoms with Gasteiger partial charge in [-0.2, -0.15) is 9.40 Å². The van der Waals surface area contributed by atoms with Crippen LogP contribution in [-0.4, -0.2) is 69.8 Å². The summed E-state index contributed by atoms with van der Waals surface area (Å²) >= 11 is 0. The van der Waals surface area contributed by atoms with Crippen LogP contribution < -0.4 is 5.32 Å². The number of sulfonamides is 1. The summed E-state index contributed by atoms with van der Waals surface area (Å²) in [5.74, 6) is -0.171. The van der Waals surface area contributed by atoms with Crippen LogP contribution >= 0.6 is 0 Å². The highest BCUT2D eigenvalue weighted by atomic mass is 32.2. The van der Waals surface area contributed by atoms with Crippen LogP contribution in [0.1, 0.15) is 6.42 Å². The minimum absolute atomic E-state index is 0.139. The average molecular weight is 389 g/mol. The first kappa shape index (κ1) is 17.6. The Morgan fingerprint density at radius 1 is 1.37 bits per heavy atom. The van der Waals surface area contributed by atoms with E-state index in [9.17, 15) is 13.2 Å². The smallest absolute Gasteiger partial charge is 0.222 e. The fraction of sp³-hybridized carbons (Fsp3) is 0.375. The van der Waals surface area contributed by atoms with Crippen molar-refractivity contribution in [1.29, 1.82) is 0 Å². The second-order valence-electron chi connectivity index (χ2n) is 6.74. The molecule has 142 valence electrons. The molecule has 3 aromatic heterocycles. The number of carbonyl (C=O) groups excluding carboxylic acids is 1. The summed E-state index contributed by atoms with van der Waals surface area (Å²) in [7, 11) is -1.76. The van der Waals surface area contributed by atoms with E-state index >= 15 is 0 Å². The summed E-state index contributed by atoms with van der Waals surface area (Å²) in [5, 5.41) is 7.89. The standard InChI is InChI=1S/C16H19N7O3S/c1-17-13(24)5-16(8-22(9-16)27(2,25)26)23-7-11(6-21-23)14-12-3-4-18-15(12)20-10-19-14/h3-4,6-7,10H,5,8-9H2,1-2H3,(H,17,24)(H,18,19,20). The van der Waals surface area contributed by atoms with Crippen molar-refractivity contribution in [2.24, 2.45) is 0 Å². The first-order valence-electron chi connectivity index (χ1n) is 8.32. The molecule has 1 fully saturated rings. The van der Waals surface area contributed by atoms with Gasteiger partial charge in [-0.3, -0.25) is 9.48 Å². The van der Waals surface area contributed by atoms with Crippen molar-refractivity contribution in [1.82, 2.24) is 34.4 Å². The molecule has 0 saturated carbocycles. The van der Waals surface area contributed by atoms with Crippen molar-refractivity contribution >= 4 is 27.0 Å². The number of aromatic nitrogens is 5. The third-order valence-corrected chi connectivity index (χ3v) is 6.07. The Morgan fingerprint density at radius 3 is 2.85 bits per heavy atom. The Bertz CT molecular complexity index is 1110. The predicted molar refractivity (Wildman–Crippen MR) is 98.2 cm³/mol. The minimum Gasteiger partial charge on any atom is -0.359 e. The van der Waals surface area contributed by atoms with E-state index in [0.29, 0.717) is 0 Å². The average Bonchev–Trinajstić information content (AvgIpc) is 3.25. The van der Waals surface area contributed by atoms with Crippen molar-refractivity contribution in [3.05, 3.63) is 31.0 Å². The van der Waals surface area contributed by atoms with Gasteiger partial charge >= 0.3 is 0 Å². The maximum absolute atomic E-state index is 12.0. The Morgan fingerprint density at radius 2 is 2.15 bits per heavy atom. The lowest BCUT2D eigenvalue weighted by Crippen LogP contribution is -2.65. The SMILES string of the molecule is CNC(=O)CC1(n2cc(-c3ncnc4[nH]ccc34)cn2)CN(S(C)(=O)=O)C1. The number of nitrogens with one attached hydrogen (secondary N) is 2. The lowest BCUT2D eigenvalue weighted by molar-refractivity contribution is -0.124. The van der Waals surface area contributed by atoms with E-state index < -0.39 is 15.6 Å². The van der Waals surface area contributed by atoms with Crippen LogP contribution in [0.5, 0.6) is 0 Å². The second-order valence-corrected chi connectivity index (χ2v) is 8.72. The molecule has 2 N–H and O–H groups in total. The predicted octanol–water partition coefficient (Wildman–Crippen LogP) is -0.0720. The van der Waals surface area contributed by atoms with Crippen molar-refractivity contribution in [3.8, 4) is 11.3 Å². The number of amides is 1. The van der Waals surface area contributed by atoms with Crippen LogP contribution in [0.2, 0.25) is 0 Å². The third-order valence-electron chi connectivity index (χ3n) is 4.87. The molecule has 0 aromatic carbocycles. The van der Waals surface area contributed by atoms with Gasteiger partial charge < -0.3 is 10.3 Å². The van der Waals surface area contributed by atoms with Gasteiger partial charge in [0.05, 0.1) is 30.1 Å². The zero-order valence-corrected chi connectivity index (χ0v) is 15.7. The number of nitrogens with zero attached hydrogens (tertiary/aromatic N) is 5. The highest BCUT2D eigenvalue weighted by Crippen LogP contribution is 2.35. The molecule has 3 aromatic rings. The van der Waals surface area contributed by atoms with Crippen LogP contribution in [-0.2, 0) is 20.4 Å². The monoisotopic (exact) mass is 389 g/mol. The van der Waals surface area contributed by atoms with E-state index in [0.717, 1.165) is 28.5 Å². The third kappa shape index (κ3) is 2.98. The Balaban J connectivity index is 1.71. The molecule has 0 radical (unpaired) electrons. The molecule has 27 heavy (non-hydrogen) atoms. The summed E-state index contributed by atoms with van der Waals surface area (Å²) in [4.78, 5) is 23.6. The molecule has 0 aliphatic carbocycles. The number of H-pyrrole nitrogens is 1. The van der Waals surface area contributed by atoms with E-state index in [-0.39, 0.29) is 25.4 Å². The van der Waals surface area contributed by atoms with Crippen LogP contribution in [0, 0.1) is 0 Å². The molecule has 1 saturated heterocycles. The first-order chi connectivity index (χ1) is 12.8. The fourth-order valence-electron chi connectivity index (χ4n) is 3.38. The molecule has 1 amide bonds. The maximum Gasteiger partial charge on any atom is 0.222 e. The molecular formula is C16H19N7O3S. The molecule has 1 aliphatic rings. The number of carbonyl (C=O) groups is 1. The molecule has 10 nitrogen and oxygen atoms in total. The van der Waals surface area contributed by atoms with Crippen molar-refractivity contribution in [2.45, 2.75) is 12.0 Å². The van der Waals surface area contributed by atoms with Crippen LogP contribution in [0.15, 0.2) is 31.0 Å². The van der Waals surface area contributed by atoms with Gasteiger partial charge in [-0.05, 0) is 6.07 Å². The van der Waals surface area contributed by atoms with Crippen LogP contribution in [0.25, 0.3) is 22.3 Å². The molecule has 1 aliphatic heterocycles. The molecule has 0 atom stereocenters. The number of aromatic amines is 1. The Hall–Kier alpha value is -2.79. The molecular weight excluding hydrogens is 370 g/mol. The molecule has 11 heteroatoms. The maximum atomic E-state index is 12.0. The number of hydrogen-bond acceptors (Lipinski definition) is 6. The summed E-state index contributed by atoms with van der Waals surface area (Å²) in [5.41, 5.74) is 1.50. The molecule has 0 bridgehead atoms. The van der Waals surface area contributed by atoms with Gasteiger partial charge in [0.25, 0.3) is 0 Å². The largest absolute Gasteiger partial charge is 0.359 e. The minimum atomic E-state index is -3.32. The van der Waals surface area contributed by atoms with Gasteiger partial charge in [-0.1, -0.05) is 0 Å². The van der Waals surface area contributed by atoms with E-state index in [2.05, 4.69) is 25.4 Å². The molecule has 0 spiro atoms.